The fourth-order valence-corrected chi connectivity index (χ4v) is 3.10. The lowest BCUT2D eigenvalue weighted by Gasteiger charge is -2.31. The molecule has 4 heteroatoms. The van der Waals surface area contributed by atoms with Gasteiger partial charge in [0.2, 0.25) is 0 Å². The molecule has 1 aliphatic heterocycles. The van der Waals surface area contributed by atoms with Crippen LogP contribution >= 0.6 is 23.2 Å². The maximum atomic E-state index is 12.7. The Labute approximate surface area is 124 Å². The number of carbonyl (C=O) groups is 1. The number of Topliss-reactive ketones (excluding diaryl/α,β-unsaturated/α-hetero) is 1. The third-order valence-electron chi connectivity index (χ3n) is 4.20. The molecule has 1 saturated heterocycles. The second kappa shape index (κ2) is 5.82. The first-order valence-electron chi connectivity index (χ1n) is 6.63. The maximum Gasteiger partial charge on any atom is 0.144 e. The van der Waals surface area contributed by atoms with Crippen molar-refractivity contribution < 1.29 is 4.79 Å². The molecule has 0 spiro atoms. The van der Waals surface area contributed by atoms with E-state index in [0.29, 0.717) is 28.2 Å². The molecular weight excluding hydrogens is 281 g/mol. The Bertz CT molecular complexity index is 479. The fourth-order valence-electron chi connectivity index (χ4n) is 2.78. The smallest absolute Gasteiger partial charge is 0.144 e. The Balaban J connectivity index is 2.17. The van der Waals surface area contributed by atoms with Crippen molar-refractivity contribution in [2.45, 2.75) is 26.7 Å². The molecular formula is C15H19Cl2NO. The van der Waals surface area contributed by atoms with E-state index >= 15 is 0 Å². The third-order valence-corrected chi connectivity index (χ3v) is 4.94. The maximum absolute atomic E-state index is 12.7. The SMILES string of the molecule is CC(C)C1(C(=O)Cc2ccc(Cl)c(Cl)c2)CCNC1. The predicted molar refractivity (Wildman–Crippen MR) is 79.9 cm³/mol. The Morgan fingerprint density at radius 3 is 2.63 bits per heavy atom. The number of benzene rings is 1. The molecule has 0 aromatic heterocycles. The largest absolute Gasteiger partial charge is 0.316 e. The summed E-state index contributed by atoms with van der Waals surface area (Å²) >= 11 is 11.9. The molecule has 1 aromatic carbocycles. The molecule has 1 atom stereocenters. The summed E-state index contributed by atoms with van der Waals surface area (Å²) in [6.45, 7) is 5.95. The lowest BCUT2D eigenvalue weighted by molar-refractivity contribution is -0.129. The first-order chi connectivity index (χ1) is 8.95. The molecule has 1 heterocycles. The van der Waals surface area contributed by atoms with E-state index in [-0.39, 0.29) is 5.41 Å². The molecule has 0 aliphatic carbocycles. The van der Waals surface area contributed by atoms with E-state index in [9.17, 15) is 4.79 Å². The van der Waals surface area contributed by atoms with Crippen LogP contribution in [0, 0.1) is 11.3 Å². The van der Waals surface area contributed by atoms with E-state index in [0.717, 1.165) is 25.1 Å². The second-order valence-electron chi connectivity index (χ2n) is 5.59. The normalized spacial score (nSPS) is 23.0. The van der Waals surface area contributed by atoms with Crippen LogP contribution in [0.1, 0.15) is 25.8 Å². The van der Waals surface area contributed by atoms with Gasteiger partial charge in [0.15, 0.2) is 0 Å². The van der Waals surface area contributed by atoms with Gasteiger partial charge < -0.3 is 5.32 Å². The van der Waals surface area contributed by atoms with Crippen molar-refractivity contribution in [2.24, 2.45) is 11.3 Å². The van der Waals surface area contributed by atoms with Crippen molar-refractivity contribution in [2.75, 3.05) is 13.1 Å². The summed E-state index contributed by atoms with van der Waals surface area (Å²) in [6, 6.07) is 5.42. The summed E-state index contributed by atoms with van der Waals surface area (Å²) in [4.78, 5) is 12.7. The Hall–Kier alpha value is -0.570. The van der Waals surface area contributed by atoms with Gasteiger partial charge in [0.1, 0.15) is 5.78 Å². The Morgan fingerprint density at radius 1 is 1.37 bits per heavy atom. The van der Waals surface area contributed by atoms with E-state index < -0.39 is 0 Å². The molecule has 0 saturated carbocycles. The van der Waals surface area contributed by atoms with E-state index in [1.807, 2.05) is 6.07 Å². The summed E-state index contributed by atoms with van der Waals surface area (Å²) in [5.74, 6) is 0.642. The van der Waals surface area contributed by atoms with Gasteiger partial charge in [-0.25, -0.2) is 0 Å². The van der Waals surface area contributed by atoms with Crippen LogP contribution in [0.3, 0.4) is 0 Å². The molecule has 104 valence electrons. The van der Waals surface area contributed by atoms with Gasteiger partial charge in [-0.3, -0.25) is 4.79 Å². The average molecular weight is 300 g/mol. The van der Waals surface area contributed by atoms with Crippen molar-refractivity contribution in [3.8, 4) is 0 Å². The molecule has 19 heavy (non-hydrogen) atoms. The number of carbonyl (C=O) groups excluding carboxylic acids is 1. The second-order valence-corrected chi connectivity index (χ2v) is 6.40. The summed E-state index contributed by atoms with van der Waals surface area (Å²) in [5.41, 5.74) is 0.706. The van der Waals surface area contributed by atoms with E-state index in [2.05, 4.69) is 19.2 Å². The number of hydrogen-bond donors (Lipinski definition) is 1. The van der Waals surface area contributed by atoms with Gasteiger partial charge in [-0.1, -0.05) is 43.1 Å². The third kappa shape index (κ3) is 2.96. The van der Waals surface area contributed by atoms with Crippen molar-refractivity contribution >= 4 is 29.0 Å². The molecule has 1 N–H and O–H groups in total. The van der Waals surface area contributed by atoms with Crippen molar-refractivity contribution in [1.29, 1.82) is 0 Å². The summed E-state index contributed by atoms with van der Waals surface area (Å²) < 4.78 is 0. The van der Waals surface area contributed by atoms with Crippen LogP contribution in [-0.4, -0.2) is 18.9 Å². The zero-order valence-electron chi connectivity index (χ0n) is 11.3. The van der Waals surface area contributed by atoms with Crippen LogP contribution in [0.2, 0.25) is 10.0 Å². The van der Waals surface area contributed by atoms with E-state index in [1.165, 1.54) is 0 Å². The van der Waals surface area contributed by atoms with E-state index in [1.54, 1.807) is 12.1 Å². The molecule has 1 aliphatic rings. The van der Waals surface area contributed by atoms with Crippen molar-refractivity contribution in [3.05, 3.63) is 33.8 Å². The van der Waals surface area contributed by atoms with Gasteiger partial charge in [0.05, 0.1) is 10.0 Å². The minimum Gasteiger partial charge on any atom is -0.316 e. The highest BCUT2D eigenvalue weighted by Gasteiger charge is 2.43. The number of halogens is 2. The number of ketones is 1. The fraction of sp³-hybridized carbons (Fsp3) is 0.533. The van der Waals surface area contributed by atoms with Gasteiger partial charge in [-0.05, 0) is 36.6 Å². The van der Waals surface area contributed by atoms with Crippen LogP contribution in [-0.2, 0) is 11.2 Å². The predicted octanol–water partition coefficient (Wildman–Crippen LogP) is 3.74. The van der Waals surface area contributed by atoms with Crippen molar-refractivity contribution in [1.82, 2.24) is 5.32 Å². The summed E-state index contributed by atoms with van der Waals surface area (Å²) in [5, 5.41) is 4.35. The Morgan fingerprint density at radius 2 is 2.11 bits per heavy atom. The zero-order chi connectivity index (χ0) is 14.0. The minimum absolute atomic E-state index is 0.230. The molecule has 0 bridgehead atoms. The zero-order valence-corrected chi connectivity index (χ0v) is 12.8. The van der Waals surface area contributed by atoms with Gasteiger partial charge in [0, 0.05) is 18.4 Å². The first kappa shape index (κ1) is 14.8. The topological polar surface area (TPSA) is 29.1 Å². The standard InChI is InChI=1S/C15H19Cl2NO/c1-10(2)15(5-6-18-9-15)14(19)8-11-3-4-12(16)13(17)7-11/h3-4,7,10,18H,5-6,8-9H2,1-2H3. The first-order valence-corrected chi connectivity index (χ1v) is 7.39. The quantitative estimate of drug-likeness (QED) is 0.917. The van der Waals surface area contributed by atoms with Crippen LogP contribution in [0.5, 0.6) is 0 Å². The van der Waals surface area contributed by atoms with Gasteiger partial charge in [-0.15, -0.1) is 0 Å². The van der Waals surface area contributed by atoms with Gasteiger partial charge in [-0.2, -0.15) is 0 Å². The number of nitrogens with one attached hydrogen (secondary N) is 1. The van der Waals surface area contributed by atoms with Gasteiger partial charge >= 0.3 is 0 Å². The van der Waals surface area contributed by atoms with Crippen molar-refractivity contribution in [3.63, 3.8) is 0 Å². The highest BCUT2D eigenvalue weighted by atomic mass is 35.5. The van der Waals surface area contributed by atoms with E-state index in [4.69, 9.17) is 23.2 Å². The summed E-state index contributed by atoms with van der Waals surface area (Å²) in [7, 11) is 0. The molecule has 1 aromatic rings. The molecule has 2 rings (SSSR count). The highest BCUT2D eigenvalue weighted by molar-refractivity contribution is 6.42. The molecule has 0 radical (unpaired) electrons. The number of rotatable bonds is 4. The number of hydrogen-bond acceptors (Lipinski definition) is 2. The monoisotopic (exact) mass is 299 g/mol. The molecule has 1 unspecified atom stereocenters. The van der Waals surface area contributed by atoms with Crippen LogP contribution in [0.25, 0.3) is 0 Å². The molecule has 1 fully saturated rings. The lowest BCUT2D eigenvalue weighted by atomic mass is 9.71. The van der Waals surface area contributed by atoms with Crippen LogP contribution in [0.4, 0.5) is 0 Å². The molecule has 0 amide bonds. The average Bonchev–Trinajstić information content (AvgIpc) is 2.84. The Kier molecular flexibility index (Phi) is 4.54. The van der Waals surface area contributed by atoms with Crippen LogP contribution < -0.4 is 5.32 Å². The lowest BCUT2D eigenvalue weighted by Crippen LogP contribution is -2.39. The molecule has 2 nitrogen and oxygen atoms in total. The van der Waals surface area contributed by atoms with Gasteiger partial charge in [0.25, 0.3) is 0 Å². The highest BCUT2D eigenvalue weighted by Crippen LogP contribution is 2.36. The summed E-state index contributed by atoms with van der Waals surface area (Å²) in [6.07, 6.45) is 1.35. The van der Waals surface area contributed by atoms with Crippen LogP contribution in [0.15, 0.2) is 18.2 Å². The minimum atomic E-state index is -0.230.